The highest BCUT2D eigenvalue weighted by Gasteiger charge is 2.36. The SMILES string of the molecule is CNC[C@H](CC1CCCCC1)NC(=O)N1CCC[C@@H]([C@@H](OCCN(C)C(=O)O)C2CCCCC2)C1. The predicted molar refractivity (Wildman–Crippen MR) is 139 cm³/mol. The standard InChI is InChI=1S/C27H50N4O4/c1-28-19-24(18-21-10-5-3-6-11-21)29-26(32)31-15-9-14-23(20-31)25(22-12-7-4-8-13-22)35-17-16-30(2)27(33)34/h21-25,28H,3-20H2,1-2H3,(H,29,32)(H,33,34)/t23-,24+,25+/m1/s1. The second-order valence-corrected chi connectivity index (χ2v) is 11.2. The van der Waals surface area contributed by atoms with E-state index in [1.165, 1.54) is 69.1 Å². The fourth-order valence-corrected chi connectivity index (χ4v) is 6.53. The van der Waals surface area contributed by atoms with E-state index in [0.717, 1.165) is 44.8 Å². The lowest BCUT2D eigenvalue weighted by Crippen LogP contribution is -2.53. The molecule has 3 rings (SSSR count). The van der Waals surface area contributed by atoms with Crippen LogP contribution in [0.15, 0.2) is 0 Å². The molecule has 0 aromatic heterocycles. The number of hydrogen-bond acceptors (Lipinski definition) is 4. The summed E-state index contributed by atoms with van der Waals surface area (Å²) < 4.78 is 6.42. The Bertz CT molecular complexity index is 637. The van der Waals surface area contributed by atoms with Crippen LogP contribution in [0.3, 0.4) is 0 Å². The van der Waals surface area contributed by atoms with Gasteiger partial charge in [0.25, 0.3) is 0 Å². The van der Waals surface area contributed by atoms with Gasteiger partial charge in [0.15, 0.2) is 0 Å². The van der Waals surface area contributed by atoms with E-state index in [4.69, 9.17) is 9.84 Å². The molecule has 3 aliphatic rings. The van der Waals surface area contributed by atoms with E-state index in [-0.39, 0.29) is 18.2 Å². The number of nitrogens with zero attached hydrogens (tertiary/aromatic N) is 2. The lowest BCUT2D eigenvalue weighted by molar-refractivity contribution is -0.0552. The van der Waals surface area contributed by atoms with Gasteiger partial charge in [0.1, 0.15) is 0 Å². The highest BCUT2D eigenvalue weighted by molar-refractivity contribution is 5.74. The predicted octanol–water partition coefficient (Wildman–Crippen LogP) is 4.54. The normalized spacial score (nSPS) is 24.1. The van der Waals surface area contributed by atoms with Gasteiger partial charge in [-0.05, 0) is 51.0 Å². The van der Waals surface area contributed by atoms with Crippen LogP contribution in [0.2, 0.25) is 0 Å². The first kappa shape index (κ1) is 28.0. The van der Waals surface area contributed by atoms with Crippen LogP contribution in [0, 0.1) is 17.8 Å². The Morgan fingerprint density at radius 3 is 2.31 bits per heavy atom. The number of carbonyl (C=O) groups is 2. The Balaban J connectivity index is 1.57. The molecule has 3 atom stereocenters. The van der Waals surface area contributed by atoms with Crippen LogP contribution in [-0.4, -0.2) is 86.1 Å². The van der Waals surface area contributed by atoms with Crippen molar-refractivity contribution in [2.75, 3.05) is 46.9 Å². The monoisotopic (exact) mass is 494 g/mol. The van der Waals surface area contributed by atoms with E-state index < -0.39 is 6.09 Å². The number of nitrogens with one attached hydrogen (secondary N) is 2. The molecule has 3 N–H and O–H groups in total. The number of piperidine rings is 1. The third-order valence-corrected chi connectivity index (χ3v) is 8.51. The smallest absolute Gasteiger partial charge is 0.407 e. The third-order valence-electron chi connectivity index (χ3n) is 8.51. The highest BCUT2D eigenvalue weighted by atomic mass is 16.5. The zero-order chi connectivity index (χ0) is 25.0. The Morgan fingerprint density at radius 1 is 1.00 bits per heavy atom. The molecule has 1 saturated heterocycles. The number of urea groups is 1. The zero-order valence-corrected chi connectivity index (χ0v) is 22.2. The maximum Gasteiger partial charge on any atom is 0.407 e. The molecule has 35 heavy (non-hydrogen) atoms. The van der Waals surface area contributed by atoms with Crippen molar-refractivity contribution in [1.29, 1.82) is 0 Å². The summed E-state index contributed by atoms with van der Waals surface area (Å²) in [6.45, 7) is 3.14. The summed E-state index contributed by atoms with van der Waals surface area (Å²) in [5.41, 5.74) is 0. The van der Waals surface area contributed by atoms with Gasteiger partial charge in [-0.3, -0.25) is 0 Å². The minimum absolute atomic E-state index is 0.0683. The van der Waals surface area contributed by atoms with Gasteiger partial charge in [-0.2, -0.15) is 0 Å². The number of likely N-dealkylation sites (N-methyl/N-ethyl adjacent to an activating group) is 2. The summed E-state index contributed by atoms with van der Waals surface area (Å²) >= 11 is 0. The average molecular weight is 495 g/mol. The van der Waals surface area contributed by atoms with Gasteiger partial charge >= 0.3 is 12.1 Å². The van der Waals surface area contributed by atoms with E-state index in [1.54, 1.807) is 7.05 Å². The molecular formula is C27H50N4O4. The molecule has 2 aliphatic carbocycles. The van der Waals surface area contributed by atoms with Crippen LogP contribution in [0.25, 0.3) is 0 Å². The summed E-state index contributed by atoms with van der Waals surface area (Å²) in [7, 11) is 3.55. The fourth-order valence-electron chi connectivity index (χ4n) is 6.53. The van der Waals surface area contributed by atoms with Crippen molar-refractivity contribution < 1.29 is 19.4 Å². The lowest BCUT2D eigenvalue weighted by atomic mass is 9.78. The van der Waals surface area contributed by atoms with Crippen LogP contribution in [0.5, 0.6) is 0 Å². The second kappa shape index (κ2) is 14.9. The first-order chi connectivity index (χ1) is 17.0. The van der Waals surface area contributed by atoms with E-state index in [0.29, 0.717) is 25.0 Å². The molecule has 3 amide bonds. The molecule has 0 aromatic carbocycles. The van der Waals surface area contributed by atoms with Gasteiger partial charge in [-0.25, -0.2) is 9.59 Å². The second-order valence-electron chi connectivity index (χ2n) is 11.2. The Labute approximate surface area is 212 Å². The Morgan fingerprint density at radius 2 is 1.66 bits per heavy atom. The summed E-state index contributed by atoms with van der Waals surface area (Å²) in [5, 5.41) is 15.8. The molecule has 8 nitrogen and oxygen atoms in total. The summed E-state index contributed by atoms with van der Waals surface area (Å²) in [6, 6.07) is 0.242. The van der Waals surface area contributed by atoms with Gasteiger partial charge in [0.2, 0.25) is 0 Å². The van der Waals surface area contributed by atoms with E-state index in [2.05, 4.69) is 10.6 Å². The molecule has 8 heteroatoms. The molecule has 0 bridgehead atoms. The topological polar surface area (TPSA) is 94.1 Å². The van der Waals surface area contributed by atoms with Crippen molar-refractivity contribution in [1.82, 2.24) is 20.4 Å². The van der Waals surface area contributed by atoms with Crippen molar-refractivity contribution in [3.8, 4) is 0 Å². The van der Waals surface area contributed by atoms with Crippen molar-refractivity contribution in [3.05, 3.63) is 0 Å². The largest absolute Gasteiger partial charge is 0.465 e. The number of carboxylic acid groups (broad SMARTS) is 1. The zero-order valence-electron chi connectivity index (χ0n) is 22.2. The number of amides is 3. The first-order valence-corrected chi connectivity index (χ1v) is 14.2. The van der Waals surface area contributed by atoms with Gasteiger partial charge in [0.05, 0.1) is 12.7 Å². The molecule has 0 radical (unpaired) electrons. The van der Waals surface area contributed by atoms with Crippen molar-refractivity contribution >= 4 is 12.1 Å². The third kappa shape index (κ3) is 9.12. The molecule has 3 fully saturated rings. The molecule has 2 saturated carbocycles. The minimum atomic E-state index is -0.923. The van der Waals surface area contributed by atoms with Gasteiger partial charge < -0.3 is 30.3 Å². The first-order valence-electron chi connectivity index (χ1n) is 14.2. The Kier molecular flexibility index (Phi) is 11.9. The number of hydrogen-bond donors (Lipinski definition) is 3. The van der Waals surface area contributed by atoms with Gasteiger partial charge in [-0.15, -0.1) is 0 Å². The van der Waals surface area contributed by atoms with Crippen LogP contribution in [-0.2, 0) is 4.74 Å². The van der Waals surface area contributed by atoms with Gasteiger partial charge in [-0.1, -0.05) is 51.4 Å². The number of likely N-dealkylation sites (tertiary alicyclic amines) is 1. The van der Waals surface area contributed by atoms with Gasteiger partial charge in [0, 0.05) is 45.2 Å². The van der Waals surface area contributed by atoms with Crippen LogP contribution in [0.1, 0.15) is 83.5 Å². The van der Waals surface area contributed by atoms with E-state index in [9.17, 15) is 9.59 Å². The molecule has 0 aromatic rings. The summed E-state index contributed by atoms with van der Waals surface area (Å²) in [5.74, 6) is 1.55. The number of carbonyl (C=O) groups excluding carboxylic acids is 1. The molecular weight excluding hydrogens is 444 g/mol. The summed E-state index contributed by atoms with van der Waals surface area (Å²) in [6.07, 6.45) is 15.0. The summed E-state index contributed by atoms with van der Waals surface area (Å²) in [4.78, 5) is 27.8. The molecule has 0 spiro atoms. The van der Waals surface area contributed by atoms with Crippen LogP contribution >= 0.6 is 0 Å². The maximum atomic E-state index is 13.3. The Hall–Kier alpha value is -1.54. The van der Waals surface area contributed by atoms with E-state index >= 15 is 0 Å². The lowest BCUT2D eigenvalue weighted by Gasteiger charge is -2.41. The molecule has 1 heterocycles. The number of ether oxygens (including phenoxy) is 1. The quantitative estimate of drug-likeness (QED) is 0.392. The minimum Gasteiger partial charge on any atom is -0.465 e. The van der Waals surface area contributed by atoms with Crippen LogP contribution < -0.4 is 10.6 Å². The highest BCUT2D eigenvalue weighted by Crippen LogP contribution is 2.35. The molecule has 0 unspecified atom stereocenters. The maximum absolute atomic E-state index is 13.3. The fraction of sp³-hybridized carbons (Fsp3) is 0.926. The van der Waals surface area contributed by atoms with Crippen molar-refractivity contribution in [2.24, 2.45) is 17.8 Å². The average Bonchev–Trinajstić information content (AvgIpc) is 2.87. The van der Waals surface area contributed by atoms with Crippen LogP contribution in [0.4, 0.5) is 9.59 Å². The van der Waals surface area contributed by atoms with Crippen molar-refractivity contribution in [3.63, 3.8) is 0 Å². The number of rotatable bonds is 11. The molecule has 202 valence electrons. The van der Waals surface area contributed by atoms with E-state index in [1.807, 2.05) is 11.9 Å². The molecule has 1 aliphatic heterocycles. The van der Waals surface area contributed by atoms with Crippen molar-refractivity contribution in [2.45, 2.75) is 95.6 Å².